The van der Waals surface area contributed by atoms with Crippen molar-refractivity contribution in [2.24, 2.45) is 5.92 Å². The van der Waals surface area contributed by atoms with E-state index in [0.717, 1.165) is 4.90 Å². The third kappa shape index (κ3) is 2.75. The Balaban J connectivity index is 1.45. The summed E-state index contributed by atoms with van der Waals surface area (Å²) in [6.45, 7) is -0.286. The van der Waals surface area contributed by atoms with Crippen molar-refractivity contribution in [2.75, 3.05) is 24.5 Å². The summed E-state index contributed by atoms with van der Waals surface area (Å²) in [5.74, 6) is -1.78. The number of benzene rings is 1. The van der Waals surface area contributed by atoms with E-state index in [1.807, 2.05) is 6.07 Å². The van der Waals surface area contributed by atoms with Gasteiger partial charge >= 0.3 is 6.03 Å². The third-order valence-corrected chi connectivity index (χ3v) is 6.66. The van der Waals surface area contributed by atoms with Gasteiger partial charge in [-0.3, -0.25) is 25.4 Å². The molecule has 1 aromatic rings. The molecule has 0 bridgehead atoms. The largest absolute Gasteiger partial charge is 0.391 e. The first-order valence-electron chi connectivity index (χ1n) is 10.2. The van der Waals surface area contributed by atoms with Gasteiger partial charge < -0.3 is 36.2 Å². The zero-order valence-electron chi connectivity index (χ0n) is 16.9. The van der Waals surface area contributed by atoms with Crippen molar-refractivity contribution in [3.8, 4) is 0 Å². The molecule has 0 aliphatic carbocycles. The van der Waals surface area contributed by atoms with Crippen LogP contribution in [0.2, 0.25) is 0 Å². The molecule has 5 atom stereocenters. The highest BCUT2D eigenvalue weighted by Crippen LogP contribution is 2.43. The minimum Gasteiger partial charge on any atom is -0.391 e. The fourth-order valence-corrected chi connectivity index (χ4v) is 5.35. The monoisotopic (exact) mass is 444 g/mol. The number of guanidine groups is 2. The Morgan fingerprint density at radius 3 is 2.56 bits per heavy atom. The van der Waals surface area contributed by atoms with Gasteiger partial charge in [0.15, 0.2) is 18.2 Å². The normalized spacial score (nSPS) is 33.9. The van der Waals surface area contributed by atoms with Gasteiger partial charge in [0.05, 0.1) is 30.7 Å². The topological polar surface area (TPSA) is 188 Å². The Morgan fingerprint density at radius 2 is 1.88 bits per heavy atom. The second-order valence-electron chi connectivity index (χ2n) is 8.37. The SMILES string of the molecule is N=C1NC2[C@H](CN3C(=O)CN(c4ccccc4)C3=O)NC(=N)N3C[C@H](O)C(C(O)O)C23N1. The van der Waals surface area contributed by atoms with Crippen LogP contribution in [0.3, 0.4) is 0 Å². The molecule has 1 aromatic carbocycles. The van der Waals surface area contributed by atoms with Crippen molar-refractivity contribution in [2.45, 2.75) is 30.1 Å². The Morgan fingerprint density at radius 1 is 1.16 bits per heavy atom. The number of anilines is 1. The maximum Gasteiger partial charge on any atom is 0.331 e. The number of carbonyl (C=O) groups excluding carboxylic acids is 2. The molecule has 4 aliphatic heterocycles. The number of aliphatic hydroxyl groups is 3. The Bertz CT molecular complexity index is 989. The molecule has 4 heterocycles. The van der Waals surface area contributed by atoms with Crippen LogP contribution in [0.4, 0.5) is 10.5 Å². The van der Waals surface area contributed by atoms with Crippen molar-refractivity contribution in [1.29, 1.82) is 10.8 Å². The van der Waals surface area contributed by atoms with Crippen molar-refractivity contribution in [3.05, 3.63) is 30.3 Å². The summed E-state index contributed by atoms with van der Waals surface area (Å²) in [6.07, 6.45) is -3.10. The van der Waals surface area contributed by atoms with Crippen LogP contribution in [0.25, 0.3) is 0 Å². The fraction of sp³-hybridized carbons (Fsp3) is 0.474. The number of carbonyl (C=O) groups is 2. The van der Waals surface area contributed by atoms with Gasteiger partial charge in [0.2, 0.25) is 0 Å². The molecule has 0 aromatic heterocycles. The van der Waals surface area contributed by atoms with Crippen LogP contribution >= 0.6 is 0 Å². The van der Waals surface area contributed by atoms with Crippen LogP contribution in [0, 0.1) is 16.7 Å². The van der Waals surface area contributed by atoms with E-state index in [-0.39, 0.29) is 31.6 Å². The number of aliphatic hydroxyl groups excluding tert-OH is 2. The van der Waals surface area contributed by atoms with Crippen LogP contribution < -0.4 is 20.9 Å². The number of nitrogens with one attached hydrogen (secondary N) is 5. The minimum absolute atomic E-state index is 0.0529. The van der Waals surface area contributed by atoms with E-state index in [9.17, 15) is 24.9 Å². The summed E-state index contributed by atoms with van der Waals surface area (Å²) in [7, 11) is 0. The summed E-state index contributed by atoms with van der Waals surface area (Å²) in [5, 5.41) is 55.8. The van der Waals surface area contributed by atoms with Crippen LogP contribution in [-0.4, -0.2) is 98.8 Å². The van der Waals surface area contributed by atoms with E-state index in [1.54, 1.807) is 24.3 Å². The zero-order chi connectivity index (χ0) is 22.8. The van der Waals surface area contributed by atoms with Gasteiger partial charge in [-0.05, 0) is 12.1 Å². The lowest BCUT2D eigenvalue weighted by atomic mass is 9.81. The van der Waals surface area contributed by atoms with Crippen molar-refractivity contribution < 1.29 is 24.9 Å². The molecule has 5 rings (SSSR count). The molecule has 3 unspecified atom stereocenters. The van der Waals surface area contributed by atoms with E-state index in [2.05, 4.69) is 16.0 Å². The predicted octanol–water partition coefficient (Wildman–Crippen LogP) is -2.84. The van der Waals surface area contributed by atoms with Crippen molar-refractivity contribution in [1.82, 2.24) is 25.8 Å². The number of hydrogen-bond donors (Lipinski definition) is 8. The minimum atomic E-state index is -1.92. The number of rotatable bonds is 4. The van der Waals surface area contributed by atoms with Gasteiger partial charge in [-0.1, -0.05) is 18.2 Å². The number of nitrogens with zero attached hydrogens (tertiary/aromatic N) is 3. The molecule has 3 amide bonds. The maximum atomic E-state index is 13.0. The van der Waals surface area contributed by atoms with Crippen LogP contribution in [0.5, 0.6) is 0 Å². The fourth-order valence-electron chi connectivity index (χ4n) is 5.35. The van der Waals surface area contributed by atoms with Gasteiger partial charge in [-0.25, -0.2) is 4.79 Å². The summed E-state index contributed by atoms with van der Waals surface area (Å²) >= 11 is 0. The number of hydrogen-bond acceptors (Lipinski definition) is 7. The number of amides is 3. The number of imide groups is 1. The first-order chi connectivity index (χ1) is 15.2. The molecule has 4 aliphatic rings. The third-order valence-electron chi connectivity index (χ3n) is 6.66. The average molecular weight is 444 g/mol. The summed E-state index contributed by atoms with van der Waals surface area (Å²) in [6, 6.07) is 6.82. The highest BCUT2D eigenvalue weighted by molar-refractivity contribution is 6.12. The lowest BCUT2D eigenvalue weighted by Crippen LogP contribution is -2.77. The van der Waals surface area contributed by atoms with E-state index in [4.69, 9.17) is 10.8 Å². The van der Waals surface area contributed by atoms with Crippen LogP contribution in [0.1, 0.15) is 0 Å². The molecular formula is C19H24N8O5. The molecule has 32 heavy (non-hydrogen) atoms. The molecule has 8 N–H and O–H groups in total. The van der Waals surface area contributed by atoms with E-state index in [1.165, 1.54) is 9.80 Å². The lowest BCUT2D eigenvalue weighted by Gasteiger charge is -2.51. The standard InChI is InChI=1S/C19H24N8O5/c20-16-23-14-10(6-26-12(29)8-25(18(26)32)9-4-2-1-3-5-9)22-17(21)27-7-11(28)13(15(30)31)19(14,27)24-16/h1-5,10-11,13-15,28,30-31H,6-8H2,(H2,21,22)(H3,20,23,24)/t10-,11-,13?,14?,19?/m0/s1. The molecule has 170 valence electrons. The molecule has 13 heteroatoms. The second-order valence-corrected chi connectivity index (χ2v) is 8.37. The van der Waals surface area contributed by atoms with E-state index >= 15 is 0 Å². The molecule has 4 fully saturated rings. The van der Waals surface area contributed by atoms with Gasteiger partial charge in [-0.15, -0.1) is 0 Å². The Labute approximate surface area is 182 Å². The van der Waals surface area contributed by atoms with Crippen molar-refractivity contribution >= 4 is 29.5 Å². The first-order valence-corrected chi connectivity index (χ1v) is 10.2. The number of urea groups is 1. The molecule has 0 radical (unpaired) electrons. The molecular weight excluding hydrogens is 420 g/mol. The predicted molar refractivity (Wildman–Crippen MR) is 110 cm³/mol. The zero-order valence-corrected chi connectivity index (χ0v) is 16.9. The summed E-state index contributed by atoms with van der Waals surface area (Å²) in [4.78, 5) is 29.6. The molecule has 1 spiro atoms. The smallest absolute Gasteiger partial charge is 0.331 e. The number of para-hydroxylation sites is 1. The van der Waals surface area contributed by atoms with E-state index in [0.29, 0.717) is 5.69 Å². The van der Waals surface area contributed by atoms with E-state index < -0.39 is 48.0 Å². The summed E-state index contributed by atoms with van der Waals surface area (Å²) < 4.78 is 0. The van der Waals surface area contributed by atoms with Crippen molar-refractivity contribution in [3.63, 3.8) is 0 Å². The second kappa shape index (κ2) is 7.05. The van der Waals surface area contributed by atoms with Gasteiger partial charge in [0.25, 0.3) is 5.91 Å². The van der Waals surface area contributed by atoms with Gasteiger partial charge in [0, 0.05) is 12.2 Å². The van der Waals surface area contributed by atoms with Gasteiger partial charge in [-0.2, -0.15) is 0 Å². The average Bonchev–Trinajstić information content (AvgIpc) is 3.34. The molecule has 4 saturated heterocycles. The Kier molecular flexibility index (Phi) is 4.51. The summed E-state index contributed by atoms with van der Waals surface area (Å²) in [5.41, 5.74) is -0.798. The maximum absolute atomic E-state index is 13.0. The lowest BCUT2D eigenvalue weighted by molar-refractivity contribution is -0.139. The van der Waals surface area contributed by atoms with Crippen LogP contribution in [-0.2, 0) is 4.79 Å². The molecule has 0 saturated carbocycles. The van der Waals surface area contributed by atoms with Gasteiger partial charge in [0.1, 0.15) is 12.2 Å². The first kappa shape index (κ1) is 20.5. The molecule has 13 nitrogen and oxygen atoms in total. The highest BCUT2D eigenvalue weighted by atomic mass is 16.5. The Hall–Kier alpha value is -3.42. The van der Waals surface area contributed by atoms with Crippen LogP contribution in [0.15, 0.2) is 30.3 Å². The quantitative estimate of drug-likeness (QED) is 0.179. The highest BCUT2D eigenvalue weighted by Gasteiger charge is 2.68.